The van der Waals surface area contributed by atoms with E-state index in [1.807, 2.05) is 12.2 Å². The summed E-state index contributed by atoms with van der Waals surface area (Å²) in [6, 6.07) is 4.57. The standard InChI is InChI=1S/C18H20/c1-5-13-9-17-11-15(7-3)16(8-4)12-18(17)10-14(13)6-2/h5-9,11-12,14H,1-2,10H2,3-4H3/b15-7-,16-8-. The molecule has 0 heteroatoms. The second-order valence-electron chi connectivity index (χ2n) is 4.65. The van der Waals surface area contributed by atoms with Gasteiger partial charge in [-0.2, -0.15) is 0 Å². The van der Waals surface area contributed by atoms with Crippen molar-refractivity contribution in [3.8, 4) is 0 Å². The Morgan fingerprint density at radius 1 is 1.11 bits per heavy atom. The maximum Gasteiger partial charge on any atom is 0.00559 e. The molecule has 1 aliphatic rings. The van der Waals surface area contributed by atoms with Gasteiger partial charge in [-0.15, -0.1) is 6.58 Å². The van der Waals surface area contributed by atoms with E-state index in [2.05, 4.69) is 57.4 Å². The normalized spacial score (nSPS) is 20.3. The van der Waals surface area contributed by atoms with E-state index in [9.17, 15) is 0 Å². The van der Waals surface area contributed by atoms with Gasteiger partial charge in [0.1, 0.15) is 0 Å². The van der Waals surface area contributed by atoms with E-state index in [1.165, 1.54) is 27.1 Å². The summed E-state index contributed by atoms with van der Waals surface area (Å²) in [5.74, 6) is 0.399. The fraction of sp³-hybridized carbons (Fsp3) is 0.222. The first kappa shape index (κ1) is 12.6. The molecule has 0 aromatic heterocycles. The van der Waals surface area contributed by atoms with Crippen LogP contribution in [0.1, 0.15) is 25.0 Å². The minimum Gasteiger partial charge on any atom is -0.102 e. The van der Waals surface area contributed by atoms with Gasteiger partial charge in [0.05, 0.1) is 0 Å². The smallest absolute Gasteiger partial charge is 0.00559 e. The lowest BCUT2D eigenvalue weighted by atomic mass is 9.83. The molecule has 0 heterocycles. The van der Waals surface area contributed by atoms with E-state index >= 15 is 0 Å². The van der Waals surface area contributed by atoms with Crippen LogP contribution in [0.5, 0.6) is 0 Å². The Morgan fingerprint density at radius 2 is 1.78 bits per heavy atom. The maximum absolute atomic E-state index is 3.93. The number of fused-ring (bicyclic) bond motifs is 1. The highest BCUT2D eigenvalue weighted by molar-refractivity contribution is 5.64. The molecule has 18 heavy (non-hydrogen) atoms. The van der Waals surface area contributed by atoms with Gasteiger partial charge in [0, 0.05) is 5.92 Å². The Labute approximate surface area is 109 Å². The summed E-state index contributed by atoms with van der Waals surface area (Å²) in [7, 11) is 0. The van der Waals surface area contributed by atoms with Crippen molar-refractivity contribution in [1.82, 2.24) is 0 Å². The molecule has 0 spiro atoms. The van der Waals surface area contributed by atoms with Gasteiger partial charge in [0.2, 0.25) is 0 Å². The van der Waals surface area contributed by atoms with E-state index in [1.54, 1.807) is 0 Å². The Hall–Kier alpha value is -1.82. The molecule has 0 nitrogen and oxygen atoms in total. The Bertz CT molecular complexity index is 627. The van der Waals surface area contributed by atoms with Gasteiger partial charge < -0.3 is 0 Å². The largest absolute Gasteiger partial charge is 0.102 e. The summed E-state index contributed by atoms with van der Waals surface area (Å²) in [4.78, 5) is 0. The lowest BCUT2D eigenvalue weighted by Crippen LogP contribution is -2.27. The zero-order valence-corrected chi connectivity index (χ0v) is 11.2. The molecule has 1 aromatic rings. The minimum atomic E-state index is 0.399. The summed E-state index contributed by atoms with van der Waals surface area (Å²) < 4.78 is 0. The van der Waals surface area contributed by atoms with Crippen LogP contribution in [0.4, 0.5) is 0 Å². The van der Waals surface area contributed by atoms with E-state index < -0.39 is 0 Å². The third-order valence-electron chi connectivity index (χ3n) is 3.68. The van der Waals surface area contributed by atoms with E-state index in [4.69, 9.17) is 0 Å². The molecule has 0 aliphatic heterocycles. The zero-order chi connectivity index (χ0) is 13.1. The van der Waals surface area contributed by atoms with Crippen molar-refractivity contribution in [1.29, 1.82) is 0 Å². The van der Waals surface area contributed by atoms with Gasteiger partial charge in [0.25, 0.3) is 0 Å². The van der Waals surface area contributed by atoms with E-state index in [-0.39, 0.29) is 0 Å². The zero-order valence-electron chi connectivity index (χ0n) is 11.2. The van der Waals surface area contributed by atoms with Crippen LogP contribution in [-0.2, 0) is 6.42 Å². The number of hydrogen-bond donors (Lipinski definition) is 0. The first-order valence-corrected chi connectivity index (χ1v) is 6.45. The third-order valence-corrected chi connectivity index (χ3v) is 3.68. The van der Waals surface area contributed by atoms with Crippen LogP contribution in [0.2, 0.25) is 0 Å². The molecule has 0 amide bonds. The van der Waals surface area contributed by atoms with Crippen molar-refractivity contribution in [2.75, 3.05) is 0 Å². The molecular formula is C18H20. The molecule has 0 saturated heterocycles. The average Bonchev–Trinajstić information content (AvgIpc) is 2.43. The second kappa shape index (κ2) is 5.22. The summed E-state index contributed by atoms with van der Waals surface area (Å²) in [5.41, 5.74) is 4.00. The predicted molar refractivity (Wildman–Crippen MR) is 81.5 cm³/mol. The SMILES string of the molecule is C=CC1=Cc2cc(=C/C)/c(=C\C)cc2CC1C=C. The number of rotatable bonds is 2. The highest BCUT2D eigenvalue weighted by atomic mass is 14.2. The minimum absolute atomic E-state index is 0.399. The van der Waals surface area contributed by atoms with Crippen molar-refractivity contribution in [2.45, 2.75) is 20.3 Å². The van der Waals surface area contributed by atoms with Gasteiger partial charge in [0.15, 0.2) is 0 Å². The number of benzene rings is 1. The van der Waals surface area contributed by atoms with Crippen molar-refractivity contribution >= 4 is 18.2 Å². The average molecular weight is 236 g/mol. The monoisotopic (exact) mass is 236 g/mol. The molecule has 0 bridgehead atoms. The molecule has 0 saturated carbocycles. The number of allylic oxidation sites excluding steroid dienone is 3. The Kier molecular flexibility index (Phi) is 3.66. The topological polar surface area (TPSA) is 0 Å². The van der Waals surface area contributed by atoms with Crippen LogP contribution in [0.25, 0.3) is 18.2 Å². The molecule has 1 atom stereocenters. The number of hydrogen-bond acceptors (Lipinski definition) is 0. The fourth-order valence-electron chi connectivity index (χ4n) is 2.58. The molecule has 1 aliphatic carbocycles. The first-order chi connectivity index (χ1) is 8.73. The van der Waals surface area contributed by atoms with Gasteiger partial charge in [-0.1, -0.05) is 43.0 Å². The predicted octanol–water partition coefficient (Wildman–Crippen LogP) is 3.22. The van der Waals surface area contributed by atoms with Gasteiger partial charge in [-0.05, 0) is 53.5 Å². The highest BCUT2D eigenvalue weighted by Crippen LogP contribution is 2.28. The van der Waals surface area contributed by atoms with Crippen LogP contribution in [0.15, 0.2) is 43.0 Å². The quantitative estimate of drug-likeness (QED) is 0.692. The van der Waals surface area contributed by atoms with Crippen molar-refractivity contribution < 1.29 is 0 Å². The van der Waals surface area contributed by atoms with E-state index in [0.717, 1.165) is 6.42 Å². The fourth-order valence-corrected chi connectivity index (χ4v) is 2.58. The van der Waals surface area contributed by atoms with Crippen molar-refractivity contribution in [3.05, 3.63) is 64.6 Å². The molecule has 0 fully saturated rings. The van der Waals surface area contributed by atoms with Crippen LogP contribution in [-0.4, -0.2) is 0 Å². The summed E-state index contributed by atoms with van der Waals surface area (Å²) in [6.45, 7) is 12.0. The first-order valence-electron chi connectivity index (χ1n) is 6.45. The summed E-state index contributed by atoms with van der Waals surface area (Å²) in [5, 5.41) is 2.61. The lowest BCUT2D eigenvalue weighted by Gasteiger charge is -2.21. The Balaban J connectivity index is 2.69. The van der Waals surface area contributed by atoms with Crippen LogP contribution in [0.3, 0.4) is 0 Å². The summed E-state index contributed by atoms with van der Waals surface area (Å²) >= 11 is 0. The van der Waals surface area contributed by atoms with Gasteiger partial charge in [-0.3, -0.25) is 0 Å². The van der Waals surface area contributed by atoms with Crippen LogP contribution < -0.4 is 10.4 Å². The van der Waals surface area contributed by atoms with E-state index in [0.29, 0.717) is 5.92 Å². The van der Waals surface area contributed by atoms with Crippen molar-refractivity contribution in [3.63, 3.8) is 0 Å². The molecule has 1 aromatic carbocycles. The molecule has 2 rings (SSSR count). The second-order valence-corrected chi connectivity index (χ2v) is 4.65. The summed E-state index contributed by atoms with van der Waals surface area (Å²) in [6.07, 6.45) is 11.6. The van der Waals surface area contributed by atoms with Crippen LogP contribution in [0, 0.1) is 5.92 Å². The van der Waals surface area contributed by atoms with Crippen LogP contribution >= 0.6 is 0 Å². The highest BCUT2D eigenvalue weighted by Gasteiger charge is 2.16. The third kappa shape index (κ3) is 2.11. The molecule has 0 radical (unpaired) electrons. The molecular weight excluding hydrogens is 216 g/mol. The lowest BCUT2D eigenvalue weighted by molar-refractivity contribution is 0.765. The molecule has 0 N–H and O–H groups in total. The maximum atomic E-state index is 3.93. The molecule has 92 valence electrons. The van der Waals surface area contributed by atoms with Crippen molar-refractivity contribution in [2.24, 2.45) is 5.92 Å². The Morgan fingerprint density at radius 3 is 2.33 bits per heavy atom. The van der Waals surface area contributed by atoms with Gasteiger partial charge >= 0.3 is 0 Å². The van der Waals surface area contributed by atoms with Gasteiger partial charge in [-0.25, -0.2) is 0 Å². The molecule has 1 unspecified atom stereocenters.